The van der Waals surface area contributed by atoms with Crippen LogP contribution in [0, 0.1) is 0 Å². The van der Waals surface area contributed by atoms with Crippen LogP contribution in [0.2, 0.25) is 5.02 Å². The van der Waals surface area contributed by atoms with Crippen LogP contribution >= 0.6 is 27.5 Å². The number of alkyl halides is 4. The van der Waals surface area contributed by atoms with Crippen LogP contribution < -0.4 is 4.74 Å². The van der Waals surface area contributed by atoms with Crippen LogP contribution in [0.5, 0.6) is 11.5 Å². The summed E-state index contributed by atoms with van der Waals surface area (Å²) in [6.45, 7) is 0.456. The minimum Gasteiger partial charge on any atom is -0.457 e. The van der Waals surface area contributed by atoms with Gasteiger partial charge in [0.15, 0.2) is 0 Å². The molecule has 1 heterocycles. The van der Waals surface area contributed by atoms with Crippen molar-refractivity contribution in [3.63, 3.8) is 0 Å². The second-order valence-electron chi connectivity index (χ2n) is 5.34. The Hall–Kier alpha value is -1.28. The zero-order valence-electron chi connectivity index (χ0n) is 12.8. The van der Waals surface area contributed by atoms with Crippen molar-refractivity contribution in [1.29, 1.82) is 0 Å². The van der Waals surface area contributed by atoms with E-state index in [2.05, 4.69) is 15.9 Å². The van der Waals surface area contributed by atoms with E-state index in [-0.39, 0.29) is 29.9 Å². The van der Waals surface area contributed by atoms with Gasteiger partial charge in [-0.05, 0) is 42.5 Å². The second-order valence-corrected chi connectivity index (χ2v) is 6.34. The third-order valence-electron chi connectivity index (χ3n) is 3.69. The van der Waals surface area contributed by atoms with Gasteiger partial charge < -0.3 is 14.2 Å². The Morgan fingerprint density at radius 2 is 1.64 bits per heavy atom. The molecule has 0 atom stereocenters. The Bertz CT molecular complexity index is 744. The normalized spacial score (nSPS) is 16.8. The standard InChI is InChI=1S/C17H13BrClF3O3/c18-10-16(23-7-8-24-16)14-6-5-13(9-15(14)17(20,21)22)25-12-3-1-11(19)2-4-12/h1-6,9H,7-8,10H2. The number of halogens is 5. The summed E-state index contributed by atoms with van der Waals surface area (Å²) in [5.41, 5.74) is -0.946. The predicted octanol–water partition coefficient (Wildman–Crippen LogP) is 5.75. The summed E-state index contributed by atoms with van der Waals surface area (Å²) in [6, 6.07) is 10.1. The van der Waals surface area contributed by atoms with Gasteiger partial charge in [-0.15, -0.1) is 0 Å². The van der Waals surface area contributed by atoms with Gasteiger partial charge in [0.1, 0.15) is 11.5 Å². The van der Waals surface area contributed by atoms with Gasteiger partial charge in [0.05, 0.1) is 24.1 Å². The lowest BCUT2D eigenvalue weighted by Crippen LogP contribution is -2.32. The topological polar surface area (TPSA) is 27.7 Å². The molecule has 1 fully saturated rings. The summed E-state index contributed by atoms with van der Waals surface area (Å²) in [4.78, 5) is 0. The molecule has 0 unspecified atom stereocenters. The zero-order valence-corrected chi connectivity index (χ0v) is 15.1. The molecule has 0 radical (unpaired) electrons. The number of ether oxygens (including phenoxy) is 3. The minimum atomic E-state index is -4.58. The van der Waals surface area contributed by atoms with Gasteiger partial charge in [-0.1, -0.05) is 27.5 Å². The number of rotatable bonds is 4. The summed E-state index contributed by atoms with van der Waals surface area (Å²) in [5.74, 6) is -1.01. The van der Waals surface area contributed by atoms with Crippen molar-refractivity contribution in [3.8, 4) is 11.5 Å². The minimum absolute atomic E-state index is 0.0566. The van der Waals surface area contributed by atoms with Crippen molar-refractivity contribution >= 4 is 27.5 Å². The summed E-state index contributed by atoms with van der Waals surface area (Å²) in [6.07, 6.45) is -4.58. The molecule has 1 saturated heterocycles. The largest absolute Gasteiger partial charge is 0.457 e. The van der Waals surface area contributed by atoms with Crippen molar-refractivity contribution in [2.45, 2.75) is 12.0 Å². The number of hydrogen-bond donors (Lipinski definition) is 0. The molecule has 0 N–H and O–H groups in total. The van der Waals surface area contributed by atoms with E-state index in [9.17, 15) is 13.2 Å². The lowest BCUT2D eigenvalue weighted by atomic mass is 9.99. The Balaban J connectivity index is 1.99. The first kappa shape index (κ1) is 18.5. The van der Waals surface area contributed by atoms with Crippen molar-refractivity contribution in [3.05, 3.63) is 58.6 Å². The van der Waals surface area contributed by atoms with Crippen molar-refractivity contribution in [1.82, 2.24) is 0 Å². The quantitative estimate of drug-likeness (QED) is 0.571. The zero-order chi connectivity index (χ0) is 18.1. The lowest BCUT2D eigenvalue weighted by molar-refractivity contribution is -0.163. The lowest BCUT2D eigenvalue weighted by Gasteiger charge is -2.28. The van der Waals surface area contributed by atoms with E-state index >= 15 is 0 Å². The third-order valence-corrected chi connectivity index (χ3v) is 4.68. The SMILES string of the molecule is FC(F)(F)c1cc(Oc2ccc(Cl)cc2)ccc1C1(CBr)OCCO1. The Morgan fingerprint density at radius 3 is 2.20 bits per heavy atom. The van der Waals surface area contributed by atoms with E-state index in [1.54, 1.807) is 24.3 Å². The van der Waals surface area contributed by atoms with Crippen LogP contribution in [0.1, 0.15) is 11.1 Å². The fraction of sp³-hybridized carbons (Fsp3) is 0.294. The molecule has 1 aliphatic heterocycles. The van der Waals surface area contributed by atoms with Crippen LogP contribution in [0.25, 0.3) is 0 Å². The molecule has 0 spiro atoms. The molecule has 0 saturated carbocycles. The van der Waals surface area contributed by atoms with E-state index < -0.39 is 17.5 Å². The average molecular weight is 438 g/mol. The highest BCUT2D eigenvalue weighted by molar-refractivity contribution is 9.09. The summed E-state index contributed by atoms with van der Waals surface area (Å²) < 4.78 is 57.2. The van der Waals surface area contributed by atoms with Crippen LogP contribution in [0.15, 0.2) is 42.5 Å². The van der Waals surface area contributed by atoms with Gasteiger partial charge in [0.25, 0.3) is 0 Å². The van der Waals surface area contributed by atoms with E-state index in [0.717, 1.165) is 6.07 Å². The first-order valence-electron chi connectivity index (χ1n) is 7.33. The van der Waals surface area contributed by atoms with Crippen LogP contribution in [-0.2, 0) is 21.4 Å². The van der Waals surface area contributed by atoms with Gasteiger partial charge in [-0.3, -0.25) is 0 Å². The van der Waals surface area contributed by atoms with Gasteiger partial charge >= 0.3 is 6.18 Å². The molecule has 8 heteroatoms. The maximum absolute atomic E-state index is 13.6. The molecule has 25 heavy (non-hydrogen) atoms. The van der Waals surface area contributed by atoms with E-state index in [0.29, 0.717) is 10.8 Å². The fourth-order valence-corrected chi connectivity index (χ4v) is 3.30. The highest BCUT2D eigenvalue weighted by Crippen LogP contribution is 2.43. The first-order chi connectivity index (χ1) is 11.8. The maximum Gasteiger partial charge on any atom is 0.417 e. The molecule has 0 aliphatic carbocycles. The molecule has 134 valence electrons. The highest BCUT2D eigenvalue weighted by atomic mass is 79.9. The molecule has 3 nitrogen and oxygen atoms in total. The van der Waals surface area contributed by atoms with Gasteiger partial charge in [0.2, 0.25) is 5.79 Å². The third kappa shape index (κ3) is 3.95. The van der Waals surface area contributed by atoms with Crippen LogP contribution in [0.4, 0.5) is 13.2 Å². The molecule has 2 aromatic carbocycles. The second kappa shape index (κ2) is 7.15. The van der Waals surface area contributed by atoms with Crippen molar-refractivity contribution in [2.75, 3.05) is 18.5 Å². The Kier molecular flexibility index (Phi) is 5.29. The number of benzene rings is 2. The monoisotopic (exact) mass is 436 g/mol. The molecular formula is C17H13BrClF3O3. The molecule has 2 aromatic rings. The van der Waals surface area contributed by atoms with Gasteiger partial charge in [0, 0.05) is 10.6 Å². The van der Waals surface area contributed by atoms with Gasteiger partial charge in [-0.25, -0.2) is 0 Å². The van der Waals surface area contributed by atoms with Gasteiger partial charge in [-0.2, -0.15) is 13.2 Å². The molecule has 0 bridgehead atoms. The summed E-state index contributed by atoms with van der Waals surface area (Å²) >= 11 is 8.98. The Morgan fingerprint density at radius 1 is 1.04 bits per heavy atom. The van der Waals surface area contributed by atoms with Crippen molar-refractivity contribution in [2.24, 2.45) is 0 Å². The average Bonchev–Trinajstić information content (AvgIpc) is 3.06. The summed E-state index contributed by atoms with van der Waals surface area (Å²) in [7, 11) is 0. The predicted molar refractivity (Wildman–Crippen MR) is 90.3 cm³/mol. The van der Waals surface area contributed by atoms with E-state index in [1.807, 2.05) is 0 Å². The molecular weight excluding hydrogens is 425 g/mol. The molecule has 0 aromatic heterocycles. The number of hydrogen-bond acceptors (Lipinski definition) is 3. The smallest absolute Gasteiger partial charge is 0.417 e. The Labute approximate surface area is 155 Å². The van der Waals surface area contributed by atoms with E-state index in [4.69, 9.17) is 25.8 Å². The molecule has 0 amide bonds. The van der Waals surface area contributed by atoms with E-state index in [1.165, 1.54) is 12.1 Å². The fourth-order valence-electron chi connectivity index (χ4n) is 2.55. The summed E-state index contributed by atoms with van der Waals surface area (Å²) in [5, 5.41) is 0.592. The molecule has 1 aliphatic rings. The first-order valence-corrected chi connectivity index (χ1v) is 8.83. The van der Waals surface area contributed by atoms with Crippen LogP contribution in [-0.4, -0.2) is 18.5 Å². The molecule has 3 rings (SSSR count). The highest BCUT2D eigenvalue weighted by Gasteiger charge is 2.45. The van der Waals surface area contributed by atoms with Crippen LogP contribution in [0.3, 0.4) is 0 Å². The van der Waals surface area contributed by atoms with Crippen molar-refractivity contribution < 1.29 is 27.4 Å². The maximum atomic E-state index is 13.6.